The zero-order valence-electron chi connectivity index (χ0n) is 15.4. The Labute approximate surface area is 181 Å². The number of benzene rings is 1. The highest BCUT2D eigenvalue weighted by Gasteiger charge is 2.50. The van der Waals surface area contributed by atoms with Crippen LogP contribution in [0, 0.1) is 0 Å². The maximum atomic E-state index is 12.2. The number of rotatable bonds is 6. The number of amidine groups is 1. The lowest BCUT2D eigenvalue weighted by Gasteiger charge is -2.26. The first-order chi connectivity index (χ1) is 13.3. The van der Waals surface area contributed by atoms with Crippen molar-refractivity contribution in [3.05, 3.63) is 16.6 Å². The molecule has 2 unspecified atom stereocenters. The number of amides is 1. The molecule has 3 rings (SSSR count). The van der Waals surface area contributed by atoms with E-state index in [4.69, 9.17) is 21.1 Å². The van der Waals surface area contributed by atoms with Crippen molar-refractivity contribution in [3.63, 3.8) is 0 Å². The van der Waals surface area contributed by atoms with Crippen LogP contribution < -0.4 is 14.4 Å². The second kappa shape index (κ2) is 8.81. The zero-order valence-corrected chi connectivity index (χ0v) is 19.3. The molecule has 1 aromatic carbocycles. The number of ether oxygens (including phenoxy) is 2. The molecule has 28 heavy (non-hydrogen) atoms. The minimum absolute atomic E-state index is 0.00235. The third-order valence-corrected chi connectivity index (χ3v) is 8.35. The summed E-state index contributed by atoms with van der Waals surface area (Å²) < 4.78 is 36.4. The quantitative estimate of drug-likeness (QED) is 0.543. The summed E-state index contributed by atoms with van der Waals surface area (Å²) >= 11 is 10.5. The molecule has 2 atom stereocenters. The molecule has 0 saturated carbocycles. The number of nitrogens with zero attached hydrogens (tertiary/aromatic N) is 2. The summed E-state index contributed by atoms with van der Waals surface area (Å²) in [7, 11) is -3.15. The Kier molecular flexibility index (Phi) is 6.84. The van der Waals surface area contributed by atoms with Crippen molar-refractivity contribution in [1.82, 2.24) is 0 Å². The summed E-state index contributed by atoms with van der Waals surface area (Å²) in [6.07, 6.45) is 0. The van der Waals surface area contributed by atoms with E-state index < -0.39 is 15.7 Å². The van der Waals surface area contributed by atoms with Crippen LogP contribution in [0.15, 0.2) is 21.6 Å². The van der Waals surface area contributed by atoms with E-state index in [1.165, 1.54) is 11.8 Å². The van der Waals surface area contributed by atoms with Crippen molar-refractivity contribution in [2.45, 2.75) is 25.1 Å². The summed E-state index contributed by atoms with van der Waals surface area (Å²) in [4.78, 5) is 17.8. The Morgan fingerprint density at radius 1 is 1.29 bits per heavy atom. The number of carbonyl (C=O) groups is 1. The molecule has 2 heterocycles. The molecule has 0 aliphatic carbocycles. The second-order valence-electron chi connectivity index (χ2n) is 6.21. The van der Waals surface area contributed by atoms with Crippen LogP contribution in [0.3, 0.4) is 0 Å². The third-order valence-electron chi connectivity index (χ3n) is 4.27. The predicted molar refractivity (Wildman–Crippen MR) is 116 cm³/mol. The van der Waals surface area contributed by atoms with E-state index in [2.05, 4.69) is 20.9 Å². The van der Waals surface area contributed by atoms with Gasteiger partial charge in [-0.1, -0.05) is 11.8 Å². The molecular formula is C17H20BrClN2O5S2. The lowest BCUT2D eigenvalue weighted by atomic mass is 10.2. The maximum absolute atomic E-state index is 12.2. The lowest BCUT2D eigenvalue weighted by Crippen LogP contribution is -2.38. The van der Waals surface area contributed by atoms with Gasteiger partial charge in [0.1, 0.15) is 5.88 Å². The monoisotopic (exact) mass is 510 g/mol. The lowest BCUT2D eigenvalue weighted by molar-refractivity contribution is -0.115. The minimum atomic E-state index is -3.15. The summed E-state index contributed by atoms with van der Waals surface area (Å²) in [5, 5.41) is 0.253. The van der Waals surface area contributed by atoms with Crippen LogP contribution >= 0.6 is 39.3 Å². The van der Waals surface area contributed by atoms with E-state index in [0.29, 0.717) is 40.0 Å². The first-order valence-electron chi connectivity index (χ1n) is 8.72. The SMILES string of the molecule is CCOc1cc(Br)c(N2C(=NC(=O)CCl)SC3CS(=O)(=O)CC32)cc1OCC. The molecule has 154 valence electrons. The number of halogens is 2. The van der Waals surface area contributed by atoms with Gasteiger partial charge in [0.15, 0.2) is 26.5 Å². The van der Waals surface area contributed by atoms with Crippen LogP contribution in [0.1, 0.15) is 13.8 Å². The summed E-state index contributed by atoms with van der Waals surface area (Å²) in [6, 6.07) is 3.25. The average Bonchev–Trinajstić information content (AvgIpc) is 3.08. The van der Waals surface area contributed by atoms with Crippen molar-refractivity contribution >= 4 is 65.9 Å². The summed E-state index contributed by atoms with van der Waals surface area (Å²) in [5.74, 6) is 0.476. The number of hydrogen-bond acceptors (Lipinski definition) is 6. The summed E-state index contributed by atoms with van der Waals surface area (Å²) in [6.45, 7) is 4.67. The molecule has 7 nitrogen and oxygen atoms in total. The molecule has 0 N–H and O–H groups in total. The molecule has 0 spiro atoms. The first kappa shape index (κ1) is 21.7. The highest BCUT2D eigenvalue weighted by molar-refractivity contribution is 9.10. The molecule has 2 saturated heterocycles. The van der Waals surface area contributed by atoms with Gasteiger partial charge in [0.25, 0.3) is 5.91 Å². The van der Waals surface area contributed by atoms with Gasteiger partial charge in [-0.3, -0.25) is 4.79 Å². The van der Waals surface area contributed by atoms with E-state index in [0.717, 1.165) is 0 Å². The number of sulfone groups is 1. The number of fused-ring (bicyclic) bond motifs is 1. The van der Waals surface area contributed by atoms with Gasteiger partial charge in [0.05, 0.1) is 36.4 Å². The maximum Gasteiger partial charge on any atom is 0.262 e. The first-order valence-corrected chi connectivity index (χ1v) is 12.7. The van der Waals surface area contributed by atoms with Crippen LogP contribution in [0.25, 0.3) is 0 Å². The van der Waals surface area contributed by atoms with Crippen LogP contribution in [0.4, 0.5) is 5.69 Å². The van der Waals surface area contributed by atoms with Crippen LogP contribution in [0.2, 0.25) is 0 Å². The van der Waals surface area contributed by atoms with Crippen LogP contribution in [-0.4, -0.2) is 61.4 Å². The number of alkyl halides is 1. The van der Waals surface area contributed by atoms with Gasteiger partial charge in [-0.15, -0.1) is 11.6 Å². The number of thioether (sulfide) groups is 1. The Bertz CT molecular complexity index is 909. The molecule has 0 bridgehead atoms. The van der Waals surface area contributed by atoms with E-state index in [1.807, 2.05) is 13.8 Å². The van der Waals surface area contributed by atoms with Gasteiger partial charge in [0.2, 0.25) is 0 Å². The van der Waals surface area contributed by atoms with Gasteiger partial charge in [-0.05, 0) is 29.8 Å². The van der Waals surface area contributed by atoms with E-state index >= 15 is 0 Å². The molecule has 11 heteroatoms. The third kappa shape index (κ3) is 4.44. The van der Waals surface area contributed by atoms with Gasteiger partial charge in [-0.2, -0.15) is 4.99 Å². The normalized spacial score (nSPS) is 24.4. The van der Waals surface area contributed by atoms with Crippen LogP contribution in [0.5, 0.6) is 11.5 Å². The largest absolute Gasteiger partial charge is 0.490 e. The second-order valence-corrected chi connectivity index (χ2v) is 10.7. The predicted octanol–water partition coefficient (Wildman–Crippen LogP) is 3.09. The van der Waals surface area contributed by atoms with E-state index in [9.17, 15) is 13.2 Å². The Balaban J connectivity index is 2.09. The fourth-order valence-electron chi connectivity index (χ4n) is 3.23. The van der Waals surface area contributed by atoms with Gasteiger partial charge < -0.3 is 14.4 Å². The van der Waals surface area contributed by atoms with Crippen molar-refractivity contribution < 1.29 is 22.7 Å². The number of carbonyl (C=O) groups excluding carboxylic acids is 1. The van der Waals surface area contributed by atoms with Crippen molar-refractivity contribution in [2.75, 3.05) is 35.5 Å². The average molecular weight is 512 g/mol. The fraction of sp³-hybridized carbons (Fsp3) is 0.529. The van der Waals surface area contributed by atoms with Crippen molar-refractivity contribution in [2.24, 2.45) is 4.99 Å². The standard InChI is InChI=1S/C17H20BrClN2O5S2/c1-3-25-13-5-10(18)11(6-14(13)26-4-2)21-12-8-28(23,24)9-15(12)27-17(21)20-16(22)7-19/h5-6,12,15H,3-4,7-9H2,1-2H3. The molecule has 2 aliphatic heterocycles. The van der Waals surface area contributed by atoms with Gasteiger partial charge in [-0.25, -0.2) is 8.42 Å². The topological polar surface area (TPSA) is 85.3 Å². The molecule has 1 amide bonds. The fourth-order valence-corrected chi connectivity index (χ4v) is 7.73. The van der Waals surface area contributed by atoms with Crippen LogP contribution in [-0.2, 0) is 14.6 Å². The highest BCUT2D eigenvalue weighted by atomic mass is 79.9. The molecule has 0 radical (unpaired) electrons. The Morgan fingerprint density at radius 3 is 2.54 bits per heavy atom. The molecule has 0 aromatic heterocycles. The van der Waals surface area contributed by atoms with E-state index in [1.54, 1.807) is 17.0 Å². The smallest absolute Gasteiger partial charge is 0.262 e. The number of anilines is 1. The van der Waals surface area contributed by atoms with E-state index in [-0.39, 0.29) is 28.7 Å². The molecule has 2 fully saturated rings. The molecule has 1 aromatic rings. The number of aliphatic imine (C=N–C) groups is 1. The highest BCUT2D eigenvalue weighted by Crippen LogP contribution is 2.46. The van der Waals surface area contributed by atoms with Crippen molar-refractivity contribution in [3.8, 4) is 11.5 Å². The summed E-state index contributed by atoms with van der Waals surface area (Å²) in [5.41, 5.74) is 0.671. The van der Waals surface area contributed by atoms with Gasteiger partial charge in [0, 0.05) is 21.9 Å². The zero-order chi connectivity index (χ0) is 20.5. The van der Waals surface area contributed by atoms with Gasteiger partial charge >= 0.3 is 0 Å². The van der Waals surface area contributed by atoms with Crippen molar-refractivity contribution in [1.29, 1.82) is 0 Å². The Hall–Kier alpha value is -0.970. The minimum Gasteiger partial charge on any atom is -0.490 e. The molecular weight excluding hydrogens is 492 g/mol. The molecule has 2 aliphatic rings. The number of hydrogen-bond donors (Lipinski definition) is 0. The Morgan fingerprint density at radius 2 is 1.93 bits per heavy atom.